The standard InChI is InChI=1S/C18H28N2O4/c1-13-9-15(10-16(19-13)22-5)23-12-14-7-6-8-20(11-14)17(21)24-18(2,3)4/h9-10,14H,6-8,11-12H2,1-5H3. The zero-order valence-corrected chi connectivity index (χ0v) is 15.3. The second-order valence-corrected chi connectivity index (χ2v) is 7.23. The van der Waals surface area contributed by atoms with Gasteiger partial charge in [0, 0.05) is 36.8 Å². The van der Waals surface area contributed by atoms with Gasteiger partial charge in [-0.25, -0.2) is 9.78 Å². The molecule has 0 N–H and O–H groups in total. The van der Waals surface area contributed by atoms with E-state index in [0.717, 1.165) is 30.8 Å². The Balaban J connectivity index is 1.89. The summed E-state index contributed by atoms with van der Waals surface area (Å²) in [6, 6.07) is 3.67. The first kappa shape index (κ1) is 18.4. The average molecular weight is 336 g/mol. The minimum absolute atomic E-state index is 0.242. The van der Waals surface area contributed by atoms with Crippen molar-refractivity contribution in [2.75, 3.05) is 26.8 Å². The number of ether oxygens (including phenoxy) is 3. The highest BCUT2D eigenvalue weighted by Crippen LogP contribution is 2.23. The molecule has 1 aliphatic rings. The number of hydrogen-bond donors (Lipinski definition) is 0. The molecule has 1 aromatic heterocycles. The van der Waals surface area contributed by atoms with Crippen LogP contribution in [0.4, 0.5) is 4.79 Å². The molecule has 0 aliphatic carbocycles. The Bertz CT molecular complexity index is 569. The first-order valence-corrected chi connectivity index (χ1v) is 8.40. The van der Waals surface area contributed by atoms with E-state index in [2.05, 4.69) is 4.98 Å². The molecule has 1 atom stereocenters. The monoisotopic (exact) mass is 336 g/mol. The summed E-state index contributed by atoms with van der Waals surface area (Å²) in [6.45, 7) is 9.52. The number of nitrogens with zero attached hydrogens (tertiary/aromatic N) is 2. The van der Waals surface area contributed by atoms with Crippen molar-refractivity contribution in [3.63, 3.8) is 0 Å². The van der Waals surface area contributed by atoms with Crippen LogP contribution in [0.15, 0.2) is 12.1 Å². The molecule has 2 rings (SSSR count). The number of pyridine rings is 1. The van der Waals surface area contributed by atoms with Gasteiger partial charge in [-0.1, -0.05) is 0 Å². The molecule has 1 unspecified atom stereocenters. The maximum atomic E-state index is 12.2. The SMILES string of the molecule is COc1cc(OCC2CCCN(C(=O)OC(C)(C)C)C2)cc(C)n1. The lowest BCUT2D eigenvalue weighted by molar-refractivity contribution is 0.0139. The first-order chi connectivity index (χ1) is 11.3. The van der Waals surface area contributed by atoms with Crippen LogP contribution in [0.2, 0.25) is 0 Å². The lowest BCUT2D eigenvalue weighted by atomic mass is 9.99. The van der Waals surface area contributed by atoms with Crippen LogP contribution in [-0.2, 0) is 4.74 Å². The number of piperidine rings is 1. The van der Waals surface area contributed by atoms with Gasteiger partial charge in [0.25, 0.3) is 0 Å². The molecule has 6 heteroatoms. The second kappa shape index (κ2) is 7.73. The van der Waals surface area contributed by atoms with E-state index in [1.54, 1.807) is 18.1 Å². The number of methoxy groups -OCH3 is 1. The van der Waals surface area contributed by atoms with E-state index in [9.17, 15) is 4.79 Å². The summed E-state index contributed by atoms with van der Waals surface area (Å²) in [5.74, 6) is 1.59. The molecule has 1 aliphatic heterocycles. The molecule has 6 nitrogen and oxygen atoms in total. The summed E-state index contributed by atoms with van der Waals surface area (Å²) in [5, 5.41) is 0. The molecule has 2 heterocycles. The minimum atomic E-state index is -0.467. The van der Waals surface area contributed by atoms with Gasteiger partial charge in [0.15, 0.2) is 0 Å². The molecule has 0 saturated carbocycles. The Morgan fingerprint density at radius 1 is 1.38 bits per heavy atom. The van der Waals surface area contributed by atoms with Crippen molar-refractivity contribution >= 4 is 6.09 Å². The second-order valence-electron chi connectivity index (χ2n) is 7.23. The smallest absolute Gasteiger partial charge is 0.410 e. The fraction of sp³-hybridized carbons (Fsp3) is 0.667. The Labute approximate surface area is 144 Å². The summed E-state index contributed by atoms with van der Waals surface area (Å²) in [6.07, 6.45) is 1.76. The molecule has 1 saturated heterocycles. The van der Waals surface area contributed by atoms with Crippen LogP contribution in [0.25, 0.3) is 0 Å². The molecular formula is C18H28N2O4. The van der Waals surface area contributed by atoms with Gasteiger partial charge in [0.2, 0.25) is 5.88 Å². The molecule has 0 spiro atoms. The maximum Gasteiger partial charge on any atom is 0.410 e. The van der Waals surface area contributed by atoms with E-state index in [4.69, 9.17) is 14.2 Å². The van der Waals surface area contributed by atoms with E-state index in [-0.39, 0.29) is 6.09 Å². The van der Waals surface area contributed by atoms with Gasteiger partial charge in [-0.3, -0.25) is 0 Å². The maximum absolute atomic E-state index is 12.2. The molecule has 1 amide bonds. The van der Waals surface area contributed by atoms with E-state index in [1.807, 2.05) is 33.8 Å². The molecule has 1 fully saturated rings. The molecule has 0 aromatic carbocycles. The van der Waals surface area contributed by atoms with Crippen LogP contribution in [-0.4, -0.2) is 48.4 Å². The highest BCUT2D eigenvalue weighted by atomic mass is 16.6. The van der Waals surface area contributed by atoms with Crippen LogP contribution in [0.1, 0.15) is 39.3 Å². The van der Waals surface area contributed by atoms with Gasteiger partial charge in [-0.05, 0) is 40.5 Å². The normalized spacial score (nSPS) is 18.2. The van der Waals surface area contributed by atoms with E-state index in [0.29, 0.717) is 24.9 Å². The Morgan fingerprint density at radius 3 is 2.79 bits per heavy atom. The predicted molar refractivity (Wildman–Crippen MR) is 91.6 cm³/mol. The van der Waals surface area contributed by atoms with Crippen LogP contribution >= 0.6 is 0 Å². The number of aryl methyl sites for hydroxylation is 1. The summed E-state index contributed by atoms with van der Waals surface area (Å²) in [4.78, 5) is 18.2. The van der Waals surface area contributed by atoms with E-state index in [1.165, 1.54) is 0 Å². The van der Waals surface area contributed by atoms with Crippen LogP contribution in [0.5, 0.6) is 11.6 Å². The molecule has 24 heavy (non-hydrogen) atoms. The highest BCUT2D eigenvalue weighted by molar-refractivity contribution is 5.68. The van der Waals surface area contributed by atoms with Crippen LogP contribution in [0.3, 0.4) is 0 Å². The Morgan fingerprint density at radius 2 is 2.12 bits per heavy atom. The third-order valence-corrected chi connectivity index (χ3v) is 3.77. The molecule has 0 bridgehead atoms. The summed E-state index contributed by atoms with van der Waals surface area (Å²) in [5.41, 5.74) is 0.384. The number of carbonyl (C=O) groups is 1. The van der Waals surface area contributed by atoms with Crippen molar-refractivity contribution in [2.24, 2.45) is 5.92 Å². The van der Waals surface area contributed by atoms with Crippen molar-refractivity contribution < 1.29 is 19.0 Å². The van der Waals surface area contributed by atoms with Gasteiger partial charge < -0.3 is 19.1 Å². The number of likely N-dealkylation sites (tertiary alicyclic amines) is 1. The topological polar surface area (TPSA) is 60.9 Å². The van der Waals surface area contributed by atoms with Crippen LogP contribution < -0.4 is 9.47 Å². The first-order valence-electron chi connectivity index (χ1n) is 8.40. The van der Waals surface area contributed by atoms with Gasteiger partial charge in [0.1, 0.15) is 11.4 Å². The van der Waals surface area contributed by atoms with Gasteiger partial charge >= 0.3 is 6.09 Å². The third kappa shape index (κ3) is 5.58. The fourth-order valence-corrected chi connectivity index (χ4v) is 2.70. The lowest BCUT2D eigenvalue weighted by Crippen LogP contribution is -2.44. The minimum Gasteiger partial charge on any atom is -0.493 e. The Hall–Kier alpha value is -1.98. The zero-order valence-electron chi connectivity index (χ0n) is 15.3. The number of rotatable bonds is 4. The summed E-state index contributed by atoms with van der Waals surface area (Å²) in [7, 11) is 1.59. The predicted octanol–water partition coefficient (Wildman–Crippen LogP) is 3.42. The third-order valence-electron chi connectivity index (χ3n) is 3.77. The molecule has 0 radical (unpaired) electrons. The van der Waals surface area contributed by atoms with Crippen molar-refractivity contribution in [1.82, 2.24) is 9.88 Å². The number of amides is 1. The molecular weight excluding hydrogens is 308 g/mol. The highest BCUT2D eigenvalue weighted by Gasteiger charge is 2.27. The van der Waals surface area contributed by atoms with E-state index < -0.39 is 5.60 Å². The van der Waals surface area contributed by atoms with Crippen molar-refractivity contribution in [3.05, 3.63) is 17.8 Å². The summed E-state index contributed by atoms with van der Waals surface area (Å²) >= 11 is 0. The largest absolute Gasteiger partial charge is 0.493 e. The average Bonchev–Trinajstić information content (AvgIpc) is 2.51. The Kier molecular flexibility index (Phi) is 5.91. The van der Waals surface area contributed by atoms with Gasteiger partial charge in [-0.2, -0.15) is 0 Å². The quantitative estimate of drug-likeness (QED) is 0.843. The number of carbonyl (C=O) groups excluding carboxylic acids is 1. The van der Waals surface area contributed by atoms with Crippen molar-refractivity contribution in [1.29, 1.82) is 0 Å². The zero-order chi connectivity index (χ0) is 17.7. The van der Waals surface area contributed by atoms with Crippen LogP contribution in [0, 0.1) is 12.8 Å². The number of hydrogen-bond acceptors (Lipinski definition) is 5. The van der Waals surface area contributed by atoms with Crippen molar-refractivity contribution in [2.45, 2.75) is 46.1 Å². The van der Waals surface area contributed by atoms with Crippen molar-refractivity contribution in [3.8, 4) is 11.6 Å². The molecule has 1 aromatic rings. The fourth-order valence-electron chi connectivity index (χ4n) is 2.70. The van der Waals surface area contributed by atoms with Gasteiger partial charge in [-0.15, -0.1) is 0 Å². The van der Waals surface area contributed by atoms with E-state index >= 15 is 0 Å². The molecule has 134 valence electrons. The summed E-state index contributed by atoms with van der Waals surface area (Å²) < 4.78 is 16.5. The van der Waals surface area contributed by atoms with Gasteiger partial charge in [0.05, 0.1) is 13.7 Å². The lowest BCUT2D eigenvalue weighted by Gasteiger charge is -2.34. The number of aromatic nitrogens is 1.